The highest BCUT2D eigenvalue weighted by molar-refractivity contribution is 5.95. The molecule has 0 saturated carbocycles. The minimum absolute atomic E-state index is 0.144. The molecule has 8 N–H and O–H groups in total. The van der Waals surface area contributed by atoms with Crippen LogP contribution in [0.1, 0.15) is 30.9 Å². The number of benzene rings is 2. The number of fused-ring (bicyclic) bond motifs is 2. The van der Waals surface area contributed by atoms with Gasteiger partial charge in [0.1, 0.15) is 12.1 Å². The van der Waals surface area contributed by atoms with E-state index in [1.807, 2.05) is 54.7 Å². The predicted molar refractivity (Wildman–Crippen MR) is 160 cm³/mol. The molecule has 1 aliphatic rings. The topological polar surface area (TPSA) is 194 Å². The van der Waals surface area contributed by atoms with Gasteiger partial charge >= 0.3 is 5.97 Å². The summed E-state index contributed by atoms with van der Waals surface area (Å²) in [5, 5.41) is 26.3. The first kappa shape index (κ1) is 29.8. The quantitative estimate of drug-likeness (QED) is 0.137. The molecular formula is C31H36N6O6. The van der Waals surface area contributed by atoms with Gasteiger partial charge < -0.3 is 41.4 Å². The lowest BCUT2D eigenvalue weighted by atomic mass is 10.0. The number of carboxylic acids is 1. The van der Waals surface area contributed by atoms with Gasteiger partial charge in [-0.2, -0.15) is 0 Å². The van der Waals surface area contributed by atoms with Crippen molar-refractivity contribution in [3.63, 3.8) is 0 Å². The van der Waals surface area contributed by atoms with Crippen LogP contribution in [0.5, 0.6) is 0 Å². The lowest BCUT2D eigenvalue weighted by Gasteiger charge is -2.30. The van der Waals surface area contributed by atoms with Gasteiger partial charge in [0.25, 0.3) is 0 Å². The van der Waals surface area contributed by atoms with Crippen molar-refractivity contribution in [1.82, 2.24) is 25.5 Å². The van der Waals surface area contributed by atoms with Crippen molar-refractivity contribution in [2.24, 2.45) is 5.73 Å². The maximum atomic E-state index is 14.0. The maximum absolute atomic E-state index is 14.0. The number of para-hydroxylation sites is 2. The fourth-order valence-corrected chi connectivity index (χ4v) is 5.77. The summed E-state index contributed by atoms with van der Waals surface area (Å²) >= 11 is 0. The smallest absolute Gasteiger partial charge is 0.328 e. The number of carboxylic acid groups (broad SMARTS) is 1. The Bertz CT molecular complexity index is 1640. The van der Waals surface area contributed by atoms with E-state index in [1.165, 1.54) is 11.8 Å². The molecule has 43 heavy (non-hydrogen) atoms. The Morgan fingerprint density at radius 2 is 1.53 bits per heavy atom. The van der Waals surface area contributed by atoms with Crippen LogP contribution in [0, 0.1) is 0 Å². The van der Waals surface area contributed by atoms with Crippen LogP contribution in [0.25, 0.3) is 21.8 Å². The summed E-state index contributed by atoms with van der Waals surface area (Å²) in [5.74, 6) is -3.04. The third-order valence-corrected chi connectivity index (χ3v) is 8.05. The average Bonchev–Trinajstić information content (AvgIpc) is 3.74. The van der Waals surface area contributed by atoms with Gasteiger partial charge in [0, 0.05) is 47.2 Å². The zero-order valence-corrected chi connectivity index (χ0v) is 23.7. The number of amides is 3. The number of aromatic nitrogens is 2. The molecule has 0 aliphatic carbocycles. The number of aliphatic hydroxyl groups is 1. The molecule has 226 valence electrons. The lowest BCUT2D eigenvalue weighted by Crippen LogP contribution is -2.58. The van der Waals surface area contributed by atoms with E-state index in [2.05, 4.69) is 20.6 Å². The third kappa shape index (κ3) is 6.40. The Morgan fingerprint density at radius 3 is 2.12 bits per heavy atom. The second-order valence-electron chi connectivity index (χ2n) is 11.0. The van der Waals surface area contributed by atoms with Crippen molar-refractivity contribution in [1.29, 1.82) is 0 Å². The van der Waals surface area contributed by atoms with Crippen molar-refractivity contribution in [2.45, 2.75) is 62.9 Å². The molecule has 1 saturated heterocycles. The highest BCUT2D eigenvalue weighted by Crippen LogP contribution is 2.24. The van der Waals surface area contributed by atoms with Gasteiger partial charge in [-0.3, -0.25) is 14.4 Å². The molecule has 5 atom stereocenters. The first-order valence-electron chi connectivity index (χ1n) is 14.3. The summed E-state index contributed by atoms with van der Waals surface area (Å²) in [5.41, 5.74) is 9.84. The molecule has 5 unspecified atom stereocenters. The van der Waals surface area contributed by atoms with Gasteiger partial charge in [0.05, 0.1) is 12.1 Å². The standard InChI is InChI=1S/C31H36N6O6/c1-17(38)27(31(42)43)36-29(40)26-11-6-12-37(26)30(41)25(14-19-16-34-24-10-5-3-8-21(19)24)35-28(39)22(32)13-18-15-33-23-9-4-2-7-20(18)23/h2-5,7-10,15-17,22,25-27,33-34,38H,6,11-14,32H2,1H3,(H,35,39)(H,36,40)(H,42,43). The van der Waals surface area contributed by atoms with Crippen LogP contribution in [-0.2, 0) is 32.0 Å². The van der Waals surface area contributed by atoms with Crippen LogP contribution in [0.4, 0.5) is 0 Å². The Balaban J connectivity index is 1.37. The minimum Gasteiger partial charge on any atom is -0.480 e. The van der Waals surface area contributed by atoms with Crippen molar-refractivity contribution in [2.75, 3.05) is 6.54 Å². The molecule has 1 aliphatic heterocycles. The maximum Gasteiger partial charge on any atom is 0.328 e. The lowest BCUT2D eigenvalue weighted by molar-refractivity contribution is -0.147. The largest absolute Gasteiger partial charge is 0.480 e. The van der Waals surface area contributed by atoms with E-state index in [4.69, 9.17) is 5.73 Å². The monoisotopic (exact) mass is 588 g/mol. The molecule has 2 aromatic heterocycles. The zero-order valence-electron chi connectivity index (χ0n) is 23.7. The van der Waals surface area contributed by atoms with Crippen LogP contribution >= 0.6 is 0 Å². The molecule has 0 bridgehead atoms. The minimum atomic E-state index is -1.52. The summed E-state index contributed by atoms with van der Waals surface area (Å²) < 4.78 is 0. The summed E-state index contributed by atoms with van der Waals surface area (Å²) in [7, 11) is 0. The highest BCUT2D eigenvalue weighted by Gasteiger charge is 2.40. The SMILES string of the molecule is CC(O)C(NC(=O)C1CCCN1C(=O)C(Cc1c[nH]c2ccccc12)NC(=O)C(N)Cc1c[nH]c2ccccc12)C(=O)O. The fraction of sp³-hybridized carbons (Fsp3) is 0.355. The number of nitrogens with one attached hydrogen (secondary N) is 4. The molecule has 4 aromatic rings. The molecule has 1 fully saturated rings. The third-order valence-electron chi connectivity index (χ3n) is 8.05. The summed E-state index contributed by atoms with van der Waals surface area (Å²) in [6.45, 7) is 1.52. The van der Waals surface area contributed by atoms with Crippen LogP contribution in [-0.4, -0.2) is 85.6 Å². The number of rotatable bonds is 11. The van der Waals surface area contributed by atoms with Crippen LogP contribution in [0.2, 0.25) is 0 Å². The Labute approximate surface area is 247 Å². The van der Waals surface area contributed by atoms with E-state index in [0.29, 0.717) is 12.8 Å². The Morgan fingerprint density at radius 1 is 0.953 bits per heavy atom. The summed E-state index contributed by atoms with van der Waals surface area (Å²) in [6.07, 6.45) is 3.50. The number of hydrogen-bond donors (Lipinski definition) is 7. The fourth-order valence-electron chi connectivity index (χ4n) is 5.77. The zero-order chi connectivity index (χ0) is 30.7. The van der Waals surface area contributed by atoms with Gasteiger partial charge in [0.2, 0.25) is 17.7 Å². The molecule has 3 amide bonds. The molecule has 0 radical (unpaired) electrons. The van der Waals surface area contributed by atoms with E-state index >= 15 is 0 Å². The molecule has 3 heterocycles. The molecule has 12 nitrogen and oxygen atoms in total. The predicted octanol–water partition coefficient (Wildman–Crippen LogP) is 1.19. The number of carbonyl (C=O) groups is 4. The van der Waals surface area contributed by atoms with Crippen molar-refractivity contribution >= 4 is 45.5 Å². The number of likely N-dealkylation sites (tertiary alicyclic amines) is 1. The van der Waals surface area contributed by atoms with Crippen LogP contribution in [0.3, 0.4) is 0 Å². The van der Waals surface area contributed by atoms with E-state index in [-0.39, 0.29) is 19.4 Å². The van der Waals surface area contributed by atoms with Gasteiger partial charge in [-0.05, 0) is 49.4 Å². The number of nitrogens with two attached hydrogens (primary N) is 1. The van der Waals surface area contributed by atoms with Crippen LogP contribution < -0.4 is 16.4 Å². The van der Waals surface area contributed by atoms with Crippen molar-refractivity contribution in [3.05, 3.63) is 72.1 Å². The number of aliphatic carboxylic acids is 1. The van der Waals surface area contributed by atoms with Gasteiger partial charge in [-0.25, -0.2) is 4.79 Å². The summed E-state index contributed by atoms with van der Waals surface area (Å²) in [6, 6.07) is 10.8. The first-order chi connectivity index (χ1) is 20.6. The molecule has 2 aromatic carbocycles. The Kier molecular flexibility index (Phi) is 8.78. The second-order valence-corrected chi connectivity index (χ2v) is 11.0. The number of carbonyl (C=O) groups excluding carboxylic acids is 3. The molecule has 12 heteroatoms. The van der Waals surface area contributed by atoms with E-state index in [9.17, 15) is 29.4 Å². The molecule has 0 spiro atoms. The number of aliphatic hydroxyl groups excluding tert-OH is 1. The average molecular weight is 589 g/mol. The first-order valence-corrected chi connectivity index (χ1v) is 14.3. The second kappa shape index (κ2) is 12.7. The Hall–Kier alpha value is -4.68. The number of aromatic amines is 2. The number of H-pyrrole nitrogens is 2. The van der Waals surface area contributed by atoms with E-state index < -0.39 is 54.0 Å². The molecule has 5 rings (SSSR count). The van der Waals surface area contributed by atoms with Gasteiger partial charge in [-0.15, -0.1) is 0 Å². The summed E-state index contributed by atoms with van der Waals surface area (Å²) in [4.78, 5) is 59.9. The number of hydrogen-bond acceptors (Lipinski definition) is 6. The van der Waals surface area contributed by atoms with Gasteiger partial charge in [0.15, 0.2) is 6.04 Å². The van der Waals surface area contributed by atoms with E-state index in [0.717, 1.165) is 32.9 Å². The van der Waals surface area contributed by atoms with Crippen LogP contribution in [0.15, 0.2) is 60.9 Å². The highest BCUT2D eigenvalue weighted by atomic mass is 16.4. The normalized spacial score (nSPS) is 17.8. The van der Waals surface area contributed by atoms with Gasteiger partial charge in [-0.1, -0.05) is 36.4 Å². The van der Waals surface area contributed by atoms with Crippen molar-refractivity contribution in [3.8, 4) is 0 Å². The molecular weight excluding hydrogens is 552 g/mol. The van der Waals surface area contributed by atoms with E-state index in [1.54, 1.807) is 6.20 Å². The van der Waals surface area contributed by atoms with Crippen molar-refractivity contribution < 1.29 is 29.4 Å². The number of nitrogens with zero attached hydrogens (tertiary/aromatic N) is 1.